The number of rotatable bonds is 11. The highest BCUT2D eigenvalue weighted by atomic mass is 19.4. The minimum absolute atomic E-state index is 0.0896. The molecule has 2 aliphatic rings. The first-order valence-electron chi connectivity index (χ1n) is 13.6. The number of carbonyl (C=O) groups excluding carboxylic acids is 1. The second-order valence-corrected chi connectivity index (χ2v) is 10.1. The number of nitrogens with one attached hydrogen (secondary N) is 2. The van der Waals surface area contributed by atoms with Crippen molar-refractivity contribution >= 4 is 11.7 Å². The van der Waals surface area contributed by atoms with Crippen molar-refractivity contribution in [1.29, 1.82) is 0 Å². The van der Waals surface area contributed by atoms with E-state index in [0.29, 0.717) is 37.9 Å². The van der Waals surface area contributed by atoms with Crippen molar-refractivity contribution in [2.24, 2.45) is 5.92 Å². The largest absolute Gasteiger partial charge is 0.476 e. The van der Waals surface area contributed by atoms with E-state index in [1.54, 1.807) is 6.08 Å². The van der Waals surface area contributed by atoms with Crippen LogP contribution in [0.25, 0.3) is 0 Å². The predicted molar refractivity (Wildman–Crippen MR) is 146 cm³/mol. The van der Waals surface area contributed by atoms with Crippen molar-refractivity contribution in [3.8, 4) is 5.88 Å². The van der Waals surface area contributed by atoms with Gasteiger partial charge < -0.3 is 25.0 Å². The number of hydrogen-bond acceptors (Lipinski definition) is 7. The quantitative estimate of drug-likeness (QED) is 0.386. The van der Waals surface area contributed by atoms with Gasteiger partial charge in [-0.2, -0.15) is 18.2 Å². The zero-order valence-corrected chi connectivity index (χ0v) is 23.0. The first-order valence-corrected chi connectivity index (χ1v) is 13.6. The molecular formula is C29H36F3N5O3. The molecule has 2 aromatic rings. The summed E-state index contributed by atoms with van der Waals surface area (Å²) in [6.07, 6.45) is 4.17. The molecule has 1 aliphatic heterocycles. The van der Waals surface area contributed by atoms with E-state index in [-0.39, 0.29) is 23.4 Å². The minimum Gasteiger partial charge on any atom is -0.476 e. The lowest BCUT2D eigenvalue weighted by molar-refractivity contribution is -0.141. The van der Waals surface area contributed by atoms with E-state index < -0.39 is 17.8 Å². The maximum atomic E-state index is 13.1. The normalized spacial score (nSPS) is 20.8. The molecular weight excluding hydrogens is 523 g/mol. The number of likely N-dealkylation sites (N-methyl/N-ethyl adjacent to an activating group) is 1. The first-order chi connectivity index (χ1) is 19.1. The van der Waals surface area contributed by atoms with Crippen LogP contribution in [0.2, 0.25) is 0 Å². The summed E-state index contributed by atoms with van der Waals surface area (Å²) in [6.45, 7) is 7.36. The molecule has 0 radical (unpaired) electrons. The van der Waals surface area contributed by atoms with Crippen LogP contribution in [-0.2, 0) is 10.9 Å². The average molecular weight is 560 g/mol. The van der Waals surface area contributed by atoms with Gasteiger partial charge in [0.2, 0.25) is 5.88 Å². The maximum absolute atomic E-state index is 13.1. The number of allylic oxidation sites excluding steroid dienone is 3. The molecule has 3 atom stereocenters. The summed E-state index contributed by atoms with van der Waals surface area (Å²) >= 11 is 0. The molecule has 1 fully saturated rings. The van der Waals surface area contributed by atoms with Gasteiger partial charge in [0.1, 0.15) is 18.1 Å². The molecule has 1 aliphatic carbocycles. The average Bonchev–Trinajstić information content (AvgIpc) is 3.46. The molecule has 3 heterocycles. The molecule has 8 nitrogen and oxygen atoms in total. The third-order valence-electron chi connectivity index (χ3n) is 7.03. The third kappa shape index (κ3) is 7.82. The Labute approximate surface area is 232 Å². The molecule has 1 saturated heterocycles. The van der Waals surface area contributed by atoms with Crippen LogP contribution in [0.5, 0.6) is 5.88 Å². The van der Waals surface area contributed by atoms with Crippen LogP contribution in [0.15, 0.2) is 54.4 Å². The number of anilines is 1. The molecule has 40 heavy (non-hydrogen) atoms. The monoisotopic (exact) mass is 559 g/mol. The molecule has 0 saturated carbocycles. The summed E-state index contributed by atoms with van der Waals surface area (Å²) in [5.74, 6) is 0.575. The number of carbonyl (C=O) groups is 1. The van der Waals surface area contributed by atoms with Crippen LogP contribution in [0, 0.1) is 5.92 Å². The number of nitrogens with zero attached hydrogens (tertiary/aromatic N) is 3. The van der Waals surface area contributed by atoms with Gasteiger partial charge in [0.25, 0.3) is 5.91 Å². The standard InChI is InChI=1S/C29H36F3N5O3/c1-4-39-13-12-37(3)26-15-21(16-27(36-26)40-18-23-6-5-10-33-23)24-17-22(8-7-19(24)2)35-28(38)20-9-11-34-25(14-20)29(30,31)32/h7-9,11,14-17,19,23-24,33H,4-6,10,12-13,18H2,1-3H3,(H,35,38)/t19?,23-,24?/m1/s1. The minimum atomic E-state index is -4.64. The number of aromatic nitrogens is 2. The van der Waals surface area contributed by atoms with E-state index in [0.717, 1.165) is 43.0 Å². The Bertz CT molecular complexity index is 1230. The lowest BCUT2D eigenvalue weighted by Gasteiger charge is -2.26. The summed E-state index contributed by atoms with van der Waals surface area (Å²) in [4.78, 5) is 22.9. The van der Waals surface area contributed by atoms with E-state index in [4.69, 9.17) is 14.5 Å². The number of pyridine rings is 2. The number of halogens is 3. The van der Waals surface area contributed by atoms with E-state index in [9.17, 15) is 18.0 Å². The molecule has 0 bridgehead atoms. The second-order valence-electron chi connectivity index (χ2n) is 10.1. The van der Waals surface area contributed by atoms with E-state index >= 15 is 0 Å². The Morgan fingerprint density at radius 1 is 1.27 bits per heavy atom. The van der Waals surface area contributed by atoms with Gasteiger partial charge in [-0.25, -0.2) is 0 Å². The van der Waals surface area contributed by atoms with Gasteiger partial charge in [0.15, 0.2) is 0 Å². The van der Waals surface area contributed by atoms with E-state index in [1.165, 1.54) is 6.07 Å². The predicted octanol–water partition coefficient (Wildman–Crippen LogP) is 4.70. The summed E-state index contributed by atoms with van der Waals surface area (Å²) in [5.41, 5.74) is 0.219. The fourth-order valence-corrected chi connectivity index (χ4v) is 4.71. The third-order valence-corrected chi connectivity index (χ3v) is 7.03. The van der Waals surface area contributed by atoms with Crippen molar-refractivity contribution < 1.29 is 27.4 Å². The van der Waals surface area contributed by atoms with Crippen LogP contribution >= 0.6 is 0 Å². The molecule has 2 aromatic heterocycles. The van der Waals surface area contributed by atoms with Crippen LogP contribution in [0.4, 0.5) is 19.0 Å². The van der Waals surface area contributed by atoms with Gasteiger partial charge in [-0.3, -0.25) is 9.78 Å². The molecule has 0 spiro atoms. The number of ether oxygens (including phenoxy) is 2. The van der Waals surface area contributed by atoms with Gasteiger partial charge in [-0.15, -0.1) is 0 Å². The molecule has 4 rings (SSSR count). The fraction of sp³-hybridized carbons (Fsp3) is 0.483. The number of alkyl halides is 3. The number of amides is 1. The van der Waals surface area contributed by atoms with Crippen LogP contribution in [-0.4, -0.2) is 61.9 Å². The highest BCUT2D eigenvalue weighted by molar-refractivity contribution is 5.95. The van der Waals surface area contributed by atoms with Crippen molar-refractivity contribution in [2.75, 3.05) is 44.9 Å². The summed E-state index contributed by atoms with van der Waals surface area (Å²) < 4.78 is 50.9. The second kappa shape index (κ2) is 13.3. The van der Waals surface area contributed by atoms with Gasteiger partial charge in [0.05, 0.1) is 6.61 Å². The zero-order valence-electron chi connectivity index (χ0n) is 23.0. The molecule has 0 aromatic carbocycles. The Balaban J connectivity index is 1.56. The van der Waals surface area contributed by atoms with E-state index in [2.05, 4.69) is 22.5 Å². The fourth-order valence-electron chi connectivity index (χ4n) is 4.71. The van der Waals surface area contributed by atoms with Crippen LogP contribution in [0.1, 0.15) is 54.2 Å². The SMILES string of the molecule is CCOCCN(C)c1cc(C2C=C(NC(=O)c3ccnc(C(F)(F)F)c3)C=CC2C)cc(OC[C@H]2CCCN2)n1. The Morgan fingerprint density at radius 2 is 2.10 bits per heavy atom. The smallest absolute Gasteiger partial charge is 0.433 e. The zero-order chi connectivity index (χ0) is 28.7. The van der Waals surface area contributed by atoms with Crippen LogP contribution in [0.3, 0.4) is 0 Å². The lowest BCUT2D eigenvalue weighted by atomic mass is 9.83. The molecule has 216 valence electrons. The molecule has 1 amide bonds. The summed E-state index contributed by atoms with van der Waals surface area (Å²) in [7, 11) is 1.95. The molecule has 2 N–H and O–H groups in total. The highest BCUT2D eigenvalue weighted by Crippen LogP contribution is 2.35. The Kier molecular flexibility index (Phi) is 9.80. The molecule has 2 unspecified atom stereocenters. The topological polar surface area (TPSA) is 88.6 Å². The van der Waals surface area contributed by atoms with Crippen molar-refractivity contribution in [1.82, 2.24) is 20.6 Å². The van der Waals surface area contributed by atoms with Crippen LogP contribution < -0.4 is 20.3 Å². The molecule has 11 heteroatoms. The van der Waals surface area contributed by atoms with Gasteiger partial charge in [0, 0.05) is 55.7 Å². The first kappa shape index (κ1) is 29.5. The summed E-state index contributed by atoms with van der Waals surface area (Å²) in [6, 6.07) is 6.21. The van der Waals surface area contributed by atoms with Gasteiger partial charge in [-0.05, 0) is 62.1 Å². The highest BCUT2D eigenvalue weighted by Gasteiger charge is 2.33. The maximum Gasteiger partial charge on any atom is 0.433 e. The lowest BCUT2D eigenvalue weighted by Crippen LogP contribution is -2.29. The Hall–Kier alpha value is -3.44. The van der Waals surface area contributed by atoms with Gasteiger partial charge >= 0.3 is 6.18 Å². The summed E-state index contributed by atoms with van der Waals surface area (Å²) in [5, 5.41) is 6.17. The number of hydrogen-bond donors (Lipinski definition) is 2. The van der Waals surface area contributed by atoms with Crippen molar-refractivity contribution in [3.05, 3.63) is 71.2 Å². The Morgan fingerprint density at radius 3 is 2.83 bits per heavy atom. The van der Waals surface area contributed by atoms with Crippen molar-refractivity contribution in [2.45, 2.75) is 44.8 Å². The van der Waals surface area contributed by atoms with E-state index in [1.807, 2.05) is 43.2 Å². The van der Waals surface area contributed by atoms with Crippen molar-refractivity contribution in [3.63, 3.8) is 0 Å². The van der Waals surface area contributed by atoms with Gasteiger partial charge in [-0.1, -0.05) is 19.1 Å².